The molecule has 0 bridgehead atoms. The standard InChI is InChI=1S/C13H19BrN2O2/c1-2-3-8-4-6-9(7-5-8)11-15-12(17)10(14)13(18)16-11/h8-9H,2-7H2,1H3,(H2,15,16,17,18). The SMILES string of the molecule is CCCC1CCC(c2nc(O)c(Br)c(=O)[nH]2)CC1. The van der Waals surface area contributed by atoms with Crippen molar-refractivity contribution < 1.29 is 5.11 Å². The number of hydrogen-bond donors (Lipinski definition) is 2. The van der Waals surface area contributed by atoms with E-state index in [1.807, 2.05) is 0 Å². The van der Waals surface area contributed by atoms with Crippen molar-refractivity contribution in [2.24, 2.45) is 5.92 Å². The quantitative estimate of drug-likeness (QED) is 0.899. The molecule has 1 aliphatic rings. The van der Waals surface area contributed by atoms with Crippen molar-refractivity contribution in [3.05, 3.63) is 20.7 Å². The number of nitrogens with one attached hydrogen (secondary N) is 1. The van der Waals surface area contributed by atoms with Crippen molar-refractivity contribution in [3.63, 3.8) is 0 Å². The first-order valence-corrected chi connectivity index (χ1v) is 7.39. The summed E-state index contributed by atoms with van der Waals surface area (Å²) in [6, 6.07) is 0. The molecule has 4 nitrogen and oxygen atoms in total. The monoisotopic (exact) mass is 314 g/mol. The van der Waals surface area contributed by atoms with Gasteiger partial charge in [0.05, 0.1) is 0 Å². The zero-order valence-electron chi connectivity index (χ0n) is 10.6. The molecule has 2 N–H and O–H groups in total. The summed E-state index contributed by atoms with van der Waals surface area (Å²) in [6.45, 7) is 2.22. The predicted molar refractivity (Wildman–Crippen MR) is 73.8 cm³/mol. The Morgan fingerprint density at radius 1 is 1.39 bits per heavy atom. The molecule has 0 saturated heterocycles. The second-order valence-electron chi connectivity index (χ2n) is 5.10. The van der Waals surface area contributed by atoms with Crippen molar-refractivity contribution in [2.75, 3.05) is 0 Å². The smallest absolute Gasteiger partial charge is 0.269 e. The number of nitrogens with zero attached hydrogens (tertiary/aromatic N) is 1. The Balaban J connectivity index is 2.08. The summed E-state index contributed by atoms with van der Waals surface area (Å²) in [5.74, 6) is 1.53. The minimum absolute atomic E-state index is 0.117. The molecule has 18 heavy (non-hydrogen) atoms. The highest BCUT2D eigenvalue weighted by Gasteiger charge is 2.24. The van der Waals surface area contributed by atoms with E-state index in [0.29, 0.717) is 5.82 Å². The topological polar surface area (TPSA) is 66.0 Å². The average Bonchev–Trinajstić information content (AvgIpc) is 2.37. The summed E-state index contributed by atoms with van der Waals surface area (Å²) in [6.07, 6.45) is 7.02. The fraction of sp³-hybridized carbons (Fsp3) is 0.692. The lowest BCUT2D eigenvalue weighted by Gasteiger charge is -2.27. The fourth-order valence-electron chi connectivity index (χ4n) is 2.79. The first-order chi connectivity index (χ1) is 8.61. The Bertz CT molecular complexity index is 465. The third-order valence-electron chi connectivity index (χ3n) is 3.79. The molecule has 1 heterocycles. The van der Waals surface area contributed by atoms with Crippen LogP contribution in [-0.2, 0) is 0 Å². The van der Waals surface area contributed by atoms with Crippen molar-refractivity contribution in [3.8, 4) is 5.88 Å². The molecule has 1 saturated carbocycles. The molecule has 0 radical (unpaired) electrons. The van der Waals surface area contributed by atoms with Gasteiger partial charge in [-0.25, -0.2) is 0 Å². The second kappa shape index (κ2) is 5.87. The molecule has 1 aromatic rings. The molecular formula is C13H19BrN2O2. The van der Waals surface area contributed by atoms with Gasteiger partial charge in [0.15, 0.2) is 0 Å². The van der Waals surface area contributed by atoms with Gasteiger partial charge in [-0.1, -0.05) is 19.8 Å². The van der Waals surface area contributed by atoms with Crippen LogP contribution in [0.15, 0.2) is 9.27 Å². The Labute approximate surface area is 115 Å². The first kappa shape index (κ1) is 13.6. The minimum Gasteiger partial charge on any atom is -0.492 e. The molecule has 0 aliphatic heterocycles. The Morgan fingerprint density at radius 2 is 2.06 bits per heavy atom. The molecule has 1 aliphatic carbocycles. The van der Waals surface area contributed by atoms with Gasteiger partial charge in [-0.3, -0.25) is 4.79 Å². The maximum atomic E-state index is 11.6. The van der Waals surface area contributed by atoms with Crippen LogP contribution >= 0.6 is 15.9 Å². The molecule has 1 fully saturated rings. The van der Waals surface area contributed by atoms with E-state index in [1.54, 1.807) is 0 Å². The first-order valence-electron chi connectivity index (χ1n) is 6.60. The molecule has 0 atom stereocenters. The van der Waals surface area contributed by atoms with Crippen LogP contribution in [0.4, 0.5) is 0 Å². The zero-order valence-corrected chi connectivity index (χ0v) is 12.2. The molecule has 2 rings (SSSR count). The van der Waals surface area contributed by atoms with Gasteiger partial charge in [-0.15, -0.1) is 0 Å². The van der Waals surface area contributed by atoms with E-state index < -0.39 is 0 Å². The summed E-state index contributed by atoms with van der Waals surface area (Å²) in [7, 11) is 0. The number of rotatable bonds is 3. The van der Waals surface area contributed by atoms with Crippen LogP contribution in [0, 0.1) is 5.92 Å². The van der Waals surface area contributed by atoms with Crippen LogP contribution in [0.3, 0.4) is 0 Å². The molecular weight excluding hydrogens is 296 g/mol. The minimum atomic E-state index is -0.298. The van der Waals surface area contributed by atoms with E-state index in [-0.39, 0.29) is 21.8 Å². The Hall–Kier alpha value is -0.840. The number of aromatic nitrogens is 2. The van der Waals surface area contributed by atoms with Gasteiger partial charge in [-0.2, -0.15) is 4.98 Å². The largest absolute Gasteiger partial charge is 0.492 e. The summed E-state index contributed by atoms with van der Waals surface area (Å²) in [5.41, 5.74) is -0.298. The molecule has 100 valence electrons. The number of halogens is 1. The lowest BCUT2D eigenvalue weighted by Crippen LogP contribution is -2.19. The van der Waals surface area contributed by atoms with Crippen LogP contribution < -0.4 is 5.56 Å². The fourth-order valence-corrected chi connectivity index (χ4v) is 2.98. The summed E-state index contributed by atoms with van der Waals surface area (Å²) in [5, 5.41) is 9.57. The molecule has 0 amide bonds. The summed E-state index contributed by atoms with van der Waals surface area (Å²) in [4.78, 5) is 18.4. The van der Waals surface area contributed by atoms with Gasteiger partial charge < -0.3 is 10.1 Å². The van der Waals surface area contributed by atoms with E-state index in [2.05, 4.69) is 32.8 Å². The van der Waals surface area contributed by atoms with Crippen LogP contribution in [0.1, 0.15) is 57.2 Å². The molecule has 0 aromatic carbocycles. The van der Waals surface area contributed by atoms with Crippen molar-refractivity contribution in [1.82, 2.24) is 9.97 Å². The van der Waals surface area contributed by atoms with Crippen LogP contribution in [0.2, 0.25) is 0 Å². The lowest BCUT2D eigenvalue weighted by molar-refractivity contribution is 0.300. The van der Waals surface area contributed by atoms with Crippen molar-refractivity contribution in [2.45, 2.75) is 51.4 Å². The van der Waals surface area contributed by atoms with Gasteiger partial charge in [0.1, 0.15) is 10.3 Å². The Kier molecular flexibility index (Phi) is 4.43. The van der Waals surface area contributed by atoms with Gasteiger partial charge in [0.25, 0.3) is 5.56 Å². The van der Waals surface area contributed by atoms with Gasteiger partial charge in [0, 0.05) is 5.92 Å². The highest BCUT2D eigenvalue weighted by molar-refractivity contribution is 9.10. The highest BCUT2D eigenvalue weighted by atomic mass is 79.9. The van der Waals surface area contributed by atoms with E-state index in [0.717, 1.165) is 18.8 Å². The van der Waals surface area contributed by atoms with Crippen LogP contribution in [0.25, 0.3) is 0 Å². The third-order valence-corrected chi connectivity index (χ3v) is 4.51. The van der Waals surface area contributed by atoms with Gasteiger partial charge in [-0.05, 0) is 47.5 Å². The van der Waals surface area contributed by atoms with Crippen LogP contribution in [0.5, 0.6) is 5.88 Å². The average molecular weight is 315 g/mol. The van der Waals surface area contributed by atoms with E-state index >= 15 is 0 Å². The molecule has 0 unspecified atom stereocenters. The maximum Gasteiger partial charge on any atom is 0.269 e. The van der Waals surface area contributed by atoms with Crippen molar-refractivity contribution in [1.29, 1.82) is 0 Å². The normalized spacial score (nSPS) is 24.1. The van der Waals surface area contributed by atoms with E-state index in [4.69, 9.17) is 0 Å². The summed E-state index contributed by atoms with van der Waals surface area (Å²) < 4.78 is 0.117. The van der Waals surface area contributed by atoms with E-state index in [9.17, 15) is 9.90 Å². The predicted octanol–water partition coefficient (Wildman–Crippen LogP) is 3.31. The molecule has 5 heteroatoms. The highest BCUT2D eigenvalue weighted by Crippen LogP contribution is 2.36. The van der Waals surface area contributed by atoms with Gasteiger partial charge >= 0.3 is 0 Å². The number of aromatic hydroxyl groups is 1. The molecule has 0 spiro atoms. The van der Waals surface area contributed by atoms with Crippen molar-refractivity contribution >= 4 is 15.9 Å². The van der Waals surface area contributed by atoms with Gasteiger partial charge in [0.2, 0.25) is 5.88 Å². The Morgan fingerprint density at radius 3 is 2.61 bits per heavy atom. The zero-order chi connectivity index (χ0) is 13.1. The van der Waals surface area contributed by atoms with Crippen LogP contribution in [-0.4, -0.2) is 15.1 Å². The van der Waals surface area contributed by atoms with E-state index in [1.165, 1.54) is 25.7 Å². The second-order valence-corrected chi connectivity index (χ2v) is 5.89. The number of aromatic amines is 1. The lowest BCUT2D eigenvalue weighted by atomic mass is 9.80. The maximum absolute atomic E-state index is 11.6. The number of H-pyrrole nitrogens is 1. The number of hydrogen-bond acceptors (Lipinski definition) is 3. The summed E-state index contributed by atoms with van der Waals surface area (Å²) >= 11 is 3.01. The third kappa shape index (κ3) is 2.94. The molecule has 1 aromatic heterocycles.